The Labute approximate surface area is 122 Å². The van der Waals surface area contributed by atoms with Crippen LogP contribution in [-0.2, 0) is 24.2 Å². The highest BCUT2D eigenvalue weighted by atomic mass is 32.1. The fourth-order valence-corrected chi connectivity index (χ4v) is 3.27. The zero-order chi connectivity index (χ0) is 13.9. The Kier molecular flexibility index (Phi) is 3.82. The van der Waals surface area contributed by atoms with Crippen molar-refractivity contribution < 1.29 is 4.79 Å². The molecule has 0 unspecified atom stereocenters. The standard InChI is InChI=1S/C14H18N4OS/c1-10(14-17-16-12-5-2-8-18(12)14)15-13(19)7-6-11-4-3-9-20-11/h3-4,9-10H,2,5-8H2,1H3,(H,15,19)/t10-/m0/s1. The Balaban J connectivity index is 1.55. The van der Waals surface area contributed by atoms with Gasteiger partial charge in [0.25, 0.3) is 0 Å². The van der Waals surface area contributed by atoms with Gasteiger partial charge in [-0.15, -0.1) is 21.5 Å². The van der Waals surface area contributed by atoms with Gasteiger partial charge in [-0.05, 0) is 31.2 Å². The van der Waals surface area contributed by atoms with Crippen LogP contribution in [-0.4, -0.2) is 20.7 Å². The number of carbonyl (C=O) groups is 1. The van der Waals surface area contributed by atoms with Crippen LogP contribution in [0, 0.1) is 0 Å². The lowest BCUT2D eigenvalue weighted by molar-refractivity contribution is -0.121. The molecular weight excluding hydrogens is 272 g/mol. The van der Waals surface area contributed by atoms with E-state index >= 15 is 0 Å². The Hall–Kier alpha value is -1.69. The lowest BCUT2D eigenvalue weighted by atomic mass is 10.2. The van der Waals surface area contributed by atoms with E-state index < -0.39 is 0 Å². The van der Waals surface area contributed by atoms with Gasteiger partial charge in [0.2, 0.25) is 5.91 Å². The summed E-state index contributed by atoms with van der Waals surface area (Å²) in [6.45, 7) is 2.94. The van der Waals surface area contributed by atoms with E-state index in [-0.39, 0.29) is 11.9 Å². The molecule has 106 valence electrons. The summed E-state index contributed by atoms with van der Waals surface area (Å²) in [7, 11) is 0. The average molecular weight is 290 g/mol. The average Bonchev–Trinajstić information content (AvgIpc) is 3.13. The summed E-state index contributed by atoms with van der Waals surface area (Å²) in [5.74, 6) is 1.99. The van der Waals surface area contributed by atoms with E-state index in [0.29, 0.717) is 6.42 Å². The van der Waals surface area contributed by atoms with Crippen molar-refractivity contribution >= 4 is 17.2 Å². The van der Waals surface area contributed by atoms with Gasteiger partial charge in [-0.1, -0.05) is 6.07 Å². The van der Waals surface area contributed by atoms with Crippen molar-refractivity contribution in [2.45, 2.75) is 45.2 Å². The molecule has 0 saturated heterocycles. The Morgan fingerprint density at radius 1 is 1.55 bits per heavy atom. The molecule has 6 heteroatoms. The summed E-state index contributed by atoms with van der Waals surface area (Å²) in [4.78, 5) is 13.2. The van der Waals surface area contributed by atoms with Crippen LogP contribution in [0.2, 0.25) is 0 Å². The number of rotatable bonds is 5. The second-order valence-electron chi connectivity index (χ2n) is 5.10. The van der Waals surface area contributed by atoms with Crippen LogP contribution < -0.4 is 5.32 Å². The summed E-state index contributed by atoms with van der Waals surface area (Å²) < 4.78 is 2.13. The predicted molar refractivity (Wildman–Crippen MR) is 77.5 cm³/mol. The molecule has 3 rings (SSSR count). The van der Waals surface area contributed by atoms with Gasteiger partial charge in [0.15, 0.2) is 5.82 Å². The Morgan fingerprint density at radius 3 is 3.25 bits per heavy atom. The number of nitrogens with one attached hydrogen (secondary N) is 1. The fraction of sp³-hybridized carbons (Fsp3) is 0.500. The van der Waals surface area contributed by atoms with Crippen LogP contribution in [0.3, 0.4) is 0 Å². The van der Waals surface area contributed by atoms with E-state index in [1.165, 1.54) is 4.88 Å². The normalized spacial score (nSPS) is 15.1. The number of hydrogen-bond donors (Lipinski definition) is 1. The molecule has 1 aliphatic heterocycles. The molecule has 1 N–H and O–H groups in total. The Morgan fingerprint density at radius 2 is 2.45 bits per heavy atom. The van der Waals surface area contributed by atoms with Crippen LogP contribution in [0.1, 0.15) is 42.3 Å². The van der Waals surface area contributed by atoms with Gasteiger partial charge in [0.1, 0.15) is 5.82 Å². The summed E-state index contributed by atoms with van der Waals surface area (Å²) in [5, 5.41) is 13.4. The fourth-order valence-electron chi connectivity index (χ4n) is 2.56. The van der Waals surface area contributed by atoms with Gasteiger partial charge in [0.05, 0.1) is 6.04 Å². The molecule has 0 bridgehead atoms. The summed E-state index contributed by atoms with van der Waals surface area (Å²) in [6, 6.07) is 4.00. The number of carbonyl (C=O) groups excluding carboxylic acids is 1. The van der Waals surface area contributed by atoms with Crippen LogP contribution in [0.4, 0.5) is 0 Å². The molecule has 2 aromatic rings. The van der Waals surface area contributed by atoms with Gasteiger partial charge < -0.3 is 9.88 Å². The molecule has 0 aromatic carbocycles. The van der Waals surface area contributed by atoms with Crippen molar-refractivity contribution in [2.75, 3.05) is 0 Å². The van der Waals surface area contributed by atoms with E-state index in [9.17, 15) is 4.79 Å². The molecular formula is C14H18N4OS. The summed E-state index contributed by atoms with van der Waals surface area (Å²) in [5.41, 5.74) is 0. The largest absolute Gasteiger partial charge is 0.346 e. The molecule has 5 nitrogen and oxygen atoms in total. The third kappa shape index (κ3) is 2.75. The zero-order valence-corrected chi connectivity index (χ0v) is 12.3. The minimum atomic E-state index is -0.0785. The molecule has 0 saturated carbocycles. The van der Waals surface area contributed by atoms with E-state index in [1.54, 1.807) is 11.3 Å². The first kappa shape index (κ1) is 13.3. The second-order valence-corrected chi connectivity index (χ2v) is 6.13. The summed E-state index contributed by atoms with van der Waals surface area (Å²) >= 11 is 1.69. The molecule has 0 spiro atoms. The van der Waals surface area contributed by atoms with Crippen LogP contribution in [0.25, 0.3) is 0 Å². The third-order valence-corrected chi connectivity index (χ3v) is 4.52. The molecule has 3 heterocycles. The number of fused-ring (bicyclic) bond motifs is 1. The van der Waals surface area contributed by atoms with Crippen LogP contribution >= 0.6 is 11.3 Å². The van der Waals surface area contributed by atoms with Crippen molar-refractivity contribution in [3.63, 3.8) is 0 Å². The maximum Gasteiger partial charge on any atom is 0.220 e. The van der Waals surface area contributed by atoms with E-state index in [4.69, 9.17) is 0 Å². The molecule has 20 heavy (non-hydrogen) atoms. The maximum atomic E-state index is 12.0. The number of aromatic nitrogens is 3. The quantitative estimate of drug-likeness (QED) is 0.917. The molecule has 1 amide bonds. The SMILES string of the molecule is C[C@H](NC(=O)CCc1cccs1)c1nnc2n1CCC2. The molecule has 0 fully saturated rings. The maximum absolute atomic E-state index is 12.0. The van der Waals surface area contributed by atoms with E-state index in [1.807, 2.05) is 18.4 Å². The highest BCUT2D eigenvalue weighted by Gasteiger charge is 2.22. The number of hydrogen-bond acceptors (Lipinski definition) is 4. The van der Waals surface area contributed by atoms with Gasteiger partial charge in [-0.3, -0.25) is 4.79 Å². The van der Waals surface area contributed by atoms with Crippen molar-refractivity contribution in [2.24, 2.45) is 0 Å². The number of amides is 1. The molecule has 1 atom stereocenters. The topological polar surface area (TPSA) is 59.8 Å². The first-order valence-electron chi connectivity index (χ1n) is 6.98. The third-order valence-electron chi connectivity index (χ3n) is 3.58. The van der Waals surface area contributed by atoms with Crippen LogP contribution in [0.5, 0.6) is 0 Å². The number of aryl methyl sites for hydroxylation is 2. The highest BCUT2D eigenvalue weighted by Crippen LogP contribution is 2.19. The highest BCUT2D eigenvalue weighted by molar-refractivity contribution is 7.09. The van der Waals surface area contributed by atoms with Gasteiger partial charge >= 0.3 is 0 Å². The van der Waals surface area contributed by atoms with Gasteiger partial charge in [0, 0.05) is 24.3 Å². The first-order valence-corrected chi connectivity index (χ1v) is 7.85. The van der Waals surface area contributed by atoms with E-state index in [0.717, 1.165) is 37.5 Å². The molecule has 0 radical (unpaired) electrons. The zero-order valence-electron chi connectivity index (χ0n) is 11.5. The van der Waals surface area contributed by atoms with E-state index in [2.05, 4.69) is 26.1 Å². The first-order chi connectivity index (χ1) is 9.74. The minimum absolute atomic E-state index is 0.0706. The van der Waals surface area contributed by atoms with Crippen molar-refractivity contribution in [1.29, 1.82) is 0 Å². The predicted octanol–water partition coefficient (Wildman–Crippen LogP) is 2.10. The minimum Gasteiger partial charge on any atom is -0.346 e. The second kappa shape index (κ2) is 5.75. The number of thiophene rings is 1. The number of nitrogens with zero attached hydrogens (tertiary/aromatic N) is 3. The Bertz CT molecular complexity index is 590. The van der Waals surface area contributed by atoms with Gasteiger partial charge in [-0.25, -0.2) is 0 Å². The van der Waals surface area contributed by atoms with Crippen LogP contribution in [0.15, 0.2) is 17.5 Å². The van der Waals surface area contributed by atoms with Crippen molar-refractivity contribution in [3.8, 4) is 0 Å². The molecule has 1 aliphatic rings. The van der Waals surface area contributed by atoms with Gasteiger partial charge in [-0.2, -0.15) is 0 Å². The van der Waals surface area contributed by atoms with Crippen molar-refractivity contribution in [1.82, 2.24) is 20.1 Å². The summed E-state index contributed by atoms with van der Waals surface area (Å²) in [6.07, 6.45) is 3.43. The lowest BCUT2D eigenvalue weighted by Gasteiger charge is -2.13. The molecule has 2 aromatic heterocycles. The molecule has 0 aliphatic carbocycles. The monoisotopic (exact) mass is 290 g/mol. The smallest absolute Gasteiger partial charge is 0.220 e. The lowest BCUT2D eigenvalue weighted by Crippen LogP contribution is -2.28. The van der Waals surface area contributed by atoms with Crippen molar-refractivity contribution in [3.05, 3.63) is 34.0 Å².